The predicted octanol–water partition coefficient (Wildman–Crippen LogP) is 4.43. The molecule has 0 radical (unpaired) electrons. The van der Waals surface area contributed by atoms with Crippen LogP contribution in [0.5, 0.6) is 0 Å². The number of aromatic amines is 1. The number of Topliss-reactive ketones (excluding diaryl/α,β-unsaturated/α-hetero) is 2. The summed E-state index contributed by atoms with van der Waals surface area (Å²) in [5.41, 5.74) is 1.73. The molecule has 0 aliphatic heterocycles. The van der Waals surface area contributed by atoms with Crippen molar-refractivity contribution in [2.24, 2.45) is 0 Å². The van der Waals surface area contributed by atoms with E-state index in [9.17, 15) is 24.5 Å². The quantitative estimate of drug-likeness (QED) is 0.257. The van der Waals surface area contributed by atoms with Crippen LogP contribution in [0, 0.1) is 24.0 Å². The number of carbonyl (C=O) groups excluding carboxylic acids is 3. The van der Waals surface area contributed by atoms with E-state index in [-0.39, 0.29) is 34.2 Å². The minimum Gasteiger partial charge on any atom is -0.449 e. The average Bonchev–Trinajstić information content (AvgIpc) is 3.32. The van der Waals surface area contributed by atoms with Gasteiger partial charge in [0.05, 0.1) is 16.2 Å². The summed E-state index contributed by atoms with van der Waals surface area (Å²) in [6.45, 7) is 6.15. The molecule has 0 saturated heterocycles. The molecule has 2 aromatic heterocycles. The lowest BCUT2D eigenvalue weighted by Crippen LogP contribution is -2.25. The zero-order valence-corrected chi connectivity index (χ0v) is 17.3. The molecule has 0 aliphatic rings. The number of hydrogen-bond acceptors (Lipinski definition) is 7. The van der Waals surface area contributed by atoms with E-state index in [1.807, 2.05) is 0 Å². The molecule has 9 nitrogen and oxygen atoms in total. The highest BCUT2D eigenvalue weighted by atomic mass is 16.6. The molecule has 3 rings (SSSR count). The average molecular weight is 424 g/mol. The molecule has 160 valence electrons. The number of carbonyl (C=O) groups is 3. The van der Waals surface area contributed by atoms with Crippen LogP contribution in [0.15, 0.2) is 40.8 Å². The highest BCUT2D eigenvalue weighted by Crippen LogP contribution is 2.31. The molecule has 0 spiro atoms. The van der Waals surface area contributed by atoms with Crippen LogP contribution in [-0.4, -0.2) is 33.5 Å². The number of esters is 1. The Balaban J connectivity index is 1.79. The number of benzene rings is 1. The maximum Gasteiger partial charge on any atom is 0.374 e. The molecule has 1 aromatic carbocycles. The Labute approximate surface area is 177 Å². The van der Waals surface area contributed by atoms with E-state index in [4.69, 9.17) is 9.15 Å². The van der Waals surface area contributed by atoms with Crippen LogP contribution < -0.4 is 0 Å². The number of aromatic nitrogens is 1. The number of furan rings is 1. The molecule has 1 atom stereocenters. The Kier molecular flexibility index (Phi) is 5.87. The zero-order chi connectivity index (χ0) is 22.9. The summed E-state index contributed by atoms with van der Waals surface area (Å²) in [6, 6.07) is 8.70. The molecule has 31 heavy (non-hydrogen) atoms. The predicted molar refractivity (Wildman–Crippen MR) is 110 cm³/mol. The highest BCUT2D eigenvalue weighted by Gasteiger charge is 2.27. The number of hydrogen-bond donors (Lipinski definition) is 1. The van der Waals surface area contributed by atoms with Gasteiger partial charge in [-0.25, -0.2) is 4.79 Å². The van der Waals surface area contributed by atoms with Gasteiger partial charge in [-0.15, -0.1) is 0 Å². The van der Waals surface area contributed by atoms with Gasteiger partial charge in [-0.1, -0.05) is 12.1 Å². The third-order valence-electron chi connectivity index (χ3n) is 4.86. The van der Waals surface area contributed by atoms with Crippen LogP contribution in [0.25, 0.3) is 11.3 Å². The van der Waals surface area contributed by atoms with Gasteiger partial charge in [0, 0.05) is 17.3 Å². The Bertz CT molecular complexity index is 1200. The van der Waals surface area contributed by atoms with E-state index in [2.05, 4.69) is 4.98 Å². The van der Waals surface area contributed by atoms with Gasteiger partial charge >= 0.3 is 5.97 Å². The standard InChI is InChI=1S/C22H20N2O7/c1-11-19(13(3)25)12(2)23-20(11)21(26)14(4)30-22(27)18-10-9-17(31-18)15-7-5-6-8-16(15)24(28)29/h5-10,14,23H,1-4H3/t14-/m1/s1. The first-order chi connectivity index (χ1) is 14.6. The lowest BCUT2D eigenvalue weighted by molar-refractivity contribution is -0.384. The second kappa shape index (κ2) is 8.39. The molecule has 0 aliphatic carbocycles. The molecular formula is C22H20N2O7. The van der Waals surface area contributed by atoms with Crippen molar-refractivity contribution in [2.45, 2.75) is 33.8 Å². The number of rotatable bonds is 7. The van der Waals surface area contributed by atoms with Crippen molar-refractivity contribution in [1.82, 2.24) is 4.98 Å². The summed E-state index contributed by atoms with van der Waals surface area (Å²) >= 11 is 0. The number of ether oxygens (including phenoxy) is 1. The summed E-state index contributed by atoms with van der Waals surface area (Å²) in [5.74, 6) is -1.63. The van der Waals surface area contributed by atoms with E-state index in [1.165, 1.54) is 44.2 Å². The summed E-state index contributed by atoms with van der Waals surface area (Å²) in [5, 5.41) is 11.2. The fourth-order valence-corrected chi connectivity index (χ4v) is 3.43. The topological polar surface area (TPSA) is 133 Å². The maximum absolute atomic E-state index is 12.7. The Morgan fingerprint density at radius 1 is 1.13 bits per heavy atom. The SMILES string of the molecule is CC(=O)c1c(C)[nH]c(C(=O)[C@@H](C)OC(=O)c2ccc(-c3ccccc3[N+](=O)[O-])o2)c1C. The third-order valence-corrected chi connectivity index (χ3v) is 4.86. The van der Waals surface area contributed by atoms with Crippen LogP contribution in [0.3, 0.4) is 0 Å². The van der Waals surface area contributed by atoms with Crippen molar-refractivity contribution in [3.05, 3.63) is 74.8 Å². The van der Waals surface area contributed by atoms with Gasteiger partial charge in [-0.05, 0) is 51.5 Å². The van der Waals surface area contributed by atoms with Gasteiger partial charge in [0.25, 0.3) is 5.69 Å². The lowest BCUT2D eigenvalue weighted by Gasteiger charge is -2.11. The number of para-hydroxylation sites is 1. The lowest BCUT2D eigenvalue weighted by atomic mass is 10.0. The first-order valence-corrected chi connectivity index (χ1v) is 9.40. The number of nitro benzene ring substituents is 1. The molecule has 0 amide bonds. The van der Waals surface area contributed by atoms with E-state index >= 15 is 0 Å². The number of nitrogens with one attached hydrogen (secondary N) is 1. The molecular weight excluding hydrogens is 404 g/mol. The van der Waals surface area contributed by atoms with Crippen LogP contribution in [0.2, 0.25) is 0 Å². The van der Waals surface area contributed by atoms with Crippen LogP contribution in [-0.2, 0) is 4.74 Å². The van der Waals surface area contributed by atoms with Gasteiger partial charge in [-0.3, -0.25) is 19.7 Å². The Morgan fingerprint density at radius 2 is 1.81 bits per heavy atom. The number of aryl methyl sites for hydroxylation is 1. The van der Waals surface area contributed by atoms with Gasteiger partial charge in [0.15, 0.2) is 11.9 Å². The van der Waals surface area contributed by atoms with Crippen molar-refractivity contribution < 1.29 is 28.5 Å². The normalized spacial score (nSPS) is 11.7. The van der Waals surface area contributed by atoms with Crippen LogP contribution in [0.1, 0.15) is 56.5 Å². The number of nitrogens with zero attached hydrogens (tertiary/aromatic N) is 1. The summed E-state index contributed by atoms with van der Waals surface area (Å²) in [4.78, 5) is 50.5. The smallest absolute Gasteiger partial charge is 0.374 e. The van der Waals surface area contributed by atoms with E-state index in [0.717, 1.165) is 0 Å². The maximum atomic E-state index is 12.7. The molecule has 2 heterocycles. The number of H-pyrrole nitrogens is 1. The molecule has 0 fully saturated rings. The van der Waals surface area contributed by atoms with Gasteiger partial charge < -0.3 is 14.1 Å². The largest absolute Gasteiger partial charge is 0.449 e. The second-order valence-electron chi connectivity index (χ2n) is 7.03. The van der Waals surface area contributed by atoms with Gasteiger partial charge in [0.2, 0.25) is 11.5 Å². The second-order valence-corrected chi connectivity index (χ2v) is 7.03. The van der Waals surface area contributed by atoms with Crippen LogP contribution in [0.4, 0.5) is 5.69 Å². The molecule has 0 bridgehead atoms. The fraction of sp³-hybridized carbons (Fsp3) is 0.227. The van der Waals surface area contributed by atoms with Crippen LogP contribution >= 0.6 is 0 Å². The van der Waals surface area contributed by atoms with E-state index < -0.39 is 22.8 Å². The zero-order valence-electron chi connectivity index (χ0n) is 17.3. The Hall–Kier alpha value is -4.01. The van der Waals surface area contributed by atoms with E-state index in [1.54, 1.807) is 19.9 Å². The van der Waals surface area contributed by atoms with E-state index in [0.29, 0.717) is 16.8 Å². The highest BCUT2D eigenvalue weighted by molar-refractivity contribution is 6.05. The van der Waals surface area contributed by atoms with Crippen molar-refractivity contribution in [3.8, 4) is 11.3 Å². The van der Waals surface area contributed by atoms with Crippen molar-refractivity contribution in [1.29, 1.82) is 0 Å². The fourth-order valence-electron chi connectivity index (χ4n) is 3.43. The Morgan fingerprint density at radius 3 is 2.42 bits per heavy atom. The summed E-state index contributed by atoms with van der Waals surface area (Å²) in [6.07, 6.45) is -1.15. The first kappa shape index (κ1) is 21.7. The molecule has 3 aromatic rings. The minimum absolute atomic E-state index is 0.125. The van der Waals surface area contributed by atoms with Gasteiger partial charge in [0.1, 0.15) is 5.76 Å². The number of ketones is 2. The first-order valence-electron chi connectivity index (χ1n) is 9.40. The monoisotopic (exact) mass is 424 g/mol. The summed E-state index contributed by atoms with van der Waals surface area (Å²) in [7, 11) is 0. The number of nitro groups is 1. The summed E-state index contributed by atoms with van der Waals surface area (Å²) < 4.78 is 10.7. The molecule has 0 unspecified atom stereocenters. The molecule has 9 heteroatoms. The third kappa shape index (κ3) is 4.16. The molecule has 1 N–H and O–H groups in total. The van der Waals surface area contributed by atoms with Crippen molar-refractivity contribution in [3.63, 3.8) is 0 Å². The van der Waals surface area contributed by atoms with Crippen molar-refractivity contribution in [2.75, 3.05) is 0 Å². The molecule has 0 saturated carbocycles. The van der Waals surface area contributed by atoms with Crippen molar-refractivity contribution >= 4 is 23.2 Å². The minimum atomic E-state index is -1.15. The van der Waals surface area contributed by atoms with Gasteiger partial charge in [-0.2, -0.15) is 0 Å².